The van der Waals surface area contributed by atoms with Crippen LogP contribution in [0.3, 0.4) is 0 Å². The van der Waals surface area contributed by atoms with Crippen LogP contribution < -0.4 is 10.9 Å². The minimum absolute atomic E-state index is 0.180. The maximum Gasteiger partial charge on any atom is 0.266 e. The van der Waals surface area contributed by atoms with Crippen LogP contribution in [0.2, 0.25) is 5.02 Å². The number of hydrogen-bond acceptors (Lipinski definition) is 6. The van der Waals surface area contributed by atoms with Crippen LogP contribution in [-0.4, -0.2) is 26.4 Å². The first-order chi connectivity index (χ1) is 14.9. The van der Waals surface area contributed by atoms with Crippen molar-refractivity contribution < 1.29 is 9.32 Å². The number of amides is 1. The van der Waals surface area contributed by atoms with Crippen molar-refractivity contribution in [1.82, 2.24) is 14.7 Å². The van der Waals surface area contributed by atoms with Crippen molar-refractivity contribution in [2.45, 2.75) is 25.4 Å². The number of para-hydroxylation sites is 1. The van der Waals surface area contributed by atoms with E-state index in [4.69, 9.17) is 16.1 Å². The fourth-order valence-electron chi connectivity index (χ4n) is 3.13. The number of rotatable bonds is 6. The number of aromatic nitrogens is 3. The molecule has 0 fully saturated rings. The zero-order valence-electron chi connectivity index (χ0n) is 16.9. The summed E-state index contributed by atoms with van der Waals surface area (Å²) in [6, 6.07) is 14.3. The van der Waals surface area contributed by atoms with Crippen LogP contribution in [0.5, 0.6) is 0 Å². The molecule has 7 nitrogen and oxygen atoms in total. The lowest BCUT2D eigenvalue weighted by molar-refractivity contribution is -0.115. The summed E-state index contributed by atoms with van der Waals surface area (Å²) >= 11 is 7.44. The molecule has 0 atom stereocenters. The molecule has 2 aromatic heterocycles. The zero-order valence-corrected chi connectivity index (χ0v) is 18.5. The van der Waals surface area contributed by atoms with E-state index in [9.17, 15) is 9.59 Å². The van der Waals surface area contributed by atoms with Crippen LogP contribution in [0.15, 0.2) is 63.0 Å². The van der Waals surface area contributed by atoms with E-state index < -0.39 is 0 Å². The summed E-state index contributed by atoms with van der Waals surface area (Å²) in [5.41, 5.74) is 2.04. The Morgan fingerprint density at radius 3 is 2.74 bits per heavy atom. The van der Waals surface area contributed by atoms with Crippen molar-refractivity contribution in [3.8, 4) is 5.69 Å². The number of nitrogens with zero attached hydrogens (tertiary/aromatic N) is 3. The number of anilines is 1. The van der Waals surface area contributed by atoms with Gasteiger partial charge in [-0.25, -0.2) is 4.98 Å². The number of aryl methyl sites for hydroxylation is 2. The van der Waals surface area contributed by atoms with Gasteiger partial charge in [-0.05, 0) is 43.7 Å². The normalized spacial score (nSPS) is 11.1. The van der Waals surface area contributed by atoms with E-state index >= 15 is 0 Å². The largest absolute Gasteiger partial charge is 0.360 e. The van der Waals surface area contributed by atoms with Gasteiger partial charge in [0.1, 0.15) is 5.76 Å². The van der Waals surface area contributed by atoms with Crippen molar-refractivity contribution in [1.29, 1.82) is 0 Å². The highest BCUT2D eigenvalue weighted by Crippen LogP contribution is 2.25. The first-order valence-corrected chi connectivity index (χ1v) is 10.9. The monoisotopic (exact) mass is 454 g/mol. The van der Waals surface area contributed by atoms with Gasteiger partial charge in [-0.1, -0.05) is 46.7 Å². The molecule has 1 amide bonds. The highest BCUT2D eigenvalue weighted by molar-refractivity contribution is 7.99. The molecule has 0 radical (unpaired) electrons. The summed E-state index contributed by atoms with van der Waals surface area (Å²) < 4.78 is 6.54. The molecule has 2 aromatic carbocycles. The number of halogens is 1. The number of benzene rings is 2. The second kappa shape index (κ2) is 8.95. The predicted octanol–water partition coefficient (Wildman–Crippen LogP) is 4.76. The van der Waals surface area contributed by atoms with Crippen LogP contribution in [0, 0.1) is 13.8 Å². The smallest absolute Gasteiger partial charge is 0.266 e. The number of thioether (sulfide) groups is 1. The average molecular weight is 455 g/mol. The molecule has 4 aromatic rings. The Bertz CT molecular complexity index is 1330. The third-order valence-electron chi connectivity index (χ3n) is 4.61. The fourth-order valence-corrected chi connectivity index (χ4v) is 4.24. The first-order valence-electron chi connectivity index (χ1n) is 9.56. The Hall–Kier alpha value is -3.10. The summed E-state index contributed by atoms with van der Waals surface area (Å²) in [4.78, 5) is 30.2. The van der Waals surface area contributed by atoms with Gasteiger partial charge in [-0.2, -0.15) is 0 Å². The van der Waals surface area contributed by atoms with Gasteiger partial charge in [0.25, 0.3) is 5.56 Å². The molecule has 0 aliphatic carbocycles. The number of nitrogens with one attached hydrogen (secondary N) is 1. The zero-order chi connectivity index (χ0) is 22.0. The molecule has 0 aliphatic rings. The lowest BCUT2D eigenvalue weighted by Crippen LogP contribution is -2.22. The molecule has 31 heavy (non-hydrogen) atoms. The summed E-state index contributed by atoms with van der Waals surface area (Å²) in [7, 11) is 0. The Morgan fingerprint density at radius 1 is 1.19 bits per heavy atom. The van der Waals surface area contributed by atoms with Gasteiger partial charge in [-0.3, -0.25) is 14.2 Å². The second-order valence-electron chi connectivity index (χ2n) is 6.95. The lowest BCUT2D eigenvalue weighted by Gasteiger charge is -2.15. The molecule has 0 spiro atoms. The fraction of sp³-hybridized carbons (Fsp3) is 0.182. The van der Waals surface area contributed by atoms with Crippen LogP contribution in [-0.2, 0) is 4.79 Å². The molecule has 0 bridgehead atoms. The van der Waals surface area contributed by atoms with Gasteiger partial charge in [0.2, 0.25) is 5.91 Å². The molecule has 0 aliphatic heterocycles. The highest BCUT2D eigenvalue weighted by Gasteiger charge is 2.16. The summed E-state index contributed by atoms with van der Waals surface area (Å²) in [5.74, 6) is 1.22. The minimum atomic E-state index is -0.200. The van der Waals surface area contributed by atoms with Gasteiger partial charge >= 0.3 is 0 Å². The number of hydrogen-bond donors (Lipinski definition) is 1. The van der Waals surface area contributed by atoms with Gasteiger partial charge in [0.05, 0.1) is 16.6 Å². The maximum absolute atomic E-state index is 13.3. The third kappa shape index (κ3) is 4.65. The Labute approximate surface area is 187 Å². The van der Waals surface area contributed by atoms with Crippen LogP contribution in [0.4, 0.5) is 5.82 Å². The Morgan fingerprint density at radius 2 is 2.00 bits per heavy atom. The quantitative estimate of drug-likeness (QED) is 0.333. The van der Waals surface area contributed by atoms with Crippen LogP contribution >= 0.6 is 23.4 Å². The van der Waals surface area contributed by atoms with E-state index in [-0.39, 0.29) is 17.9 Å². The number of carbonyl (C=O) groups is 1. The molecule has 0 saturated heterocycles. The topological polar surface area (TPSA) is 90.0 Å². The Balaban J connectivity index is 1.64. The molecular formula is C22H19ClN4O3S. The minimum Gasteiger partial charge on any atom is -0.360 e. The number of carbonyl (C=O) groups excluding carboxylic acids is 1. The predicted molar refractivity (Wildman–Crippen MR) is 122 cm³/mol. The van der Waals surface area contributed by atoms with E-state index in [1.165, 1.54) is 11.8 Å². The average Bonchev–Trinajstić information content (AvgIpc) is 3.13. The molecule has 9 heteroatoms. The highest BCUT2D eigenvalue weighted by atomic mass is 35.5. The molecule has 158 valence electrons. The molecule has 4 rings (SSSR count). The summed E-state index contributed by atoms with van der Waals surface area (Å²) in [6.45, 7) is 3.69. The Kier molecular flexibility index (Phi) is 6.11. The lowest BCUT2D eigenvalue weighted by atomic mass is 10.2. The van der Waals surface area contributed by atoms with Crippen molar-refractivity contribution in [3.63, 3.8) is 0 Å². The van der Waals surface area contributed by atoms with Gasteiger partial charge < -0.3 is 9.84 Å². The van der Waals surface area contributed by atoms with Gasteiger partial charge in [0, 0.05) is 23.3 Å². The van der Waals surface area contributed by atoms with Crippen molar-refractivity contribution >= 4 is 46.0 Å². The number of fused-ring (bicyclic) bond motifs is 1. The van der Waals surface area contributed by atoms with E-state index in [0.717, 1.165) is 11.3 Å². The summed E-state index contributed by atoms with van der Waals surface area (Å²) in [6.07, 6.45) is 0.216. The molecular weight excluding hydrogens is 436 g/mol. The van der Waals surface area contributed by atoms with Gasteiger partial charge in [0.15, 0.2) is 11.0 Å². The first kappa shape index (κ1) is 21.1. The molecule has 1 N–H and O–H groups in total. The van der Waals surface area contributed by atoms with E-state index in [0.29, 0.717) is 38.4 Å². The van der Waals surface area contributed by atoms with Crippen LogP contribution in [0.25, 0.3) is 16.6 Å². The summed E-state index contributed by atoms with van der Waals surface area (Å²) in [5, 5.41) is 7.93. The second-order valence-corrected chi connectivity index (χ2v) is 8.45. The standard InChI is InChI=1S/C22H19ClN4O3S/c1-13-5-3-4-6-18(13)27-21(29)16-8-7-15(23)12-17(16)24-22(27)31-10-9-20(28)25-19-11-14(2)30-26-19/h3-8,11-12H,9-10H2,1-2H3,(H,25,26,28). The SMILES string of the molecule is Cc1cc(NC(=O)CCSc2nc3cc(Cl)ccc3c(=O)n2-c2ccccc2C)no1. The van der Waals surface area contributed by atoms with Crippen LogP contribution in [0.1, 0.15) is 17.7 Å². The van der Waals surface area contributed by atoms with Gasteiger partial charge in [-0.15, -0.1) is 0 Å². The van der Waals surface area contributed by atoms with Crippen molar-refractivity contribution in [3.05, 3.63) is 75.2 Å². The molecule has 0 saturated carbocycles. The molecule has 0 unspecified atom stereocenters. The molecule has 2 heterocycles. The van der Waals surface area contributed by atoms with E-state index in [2.05, 4.69) is 15.5 Å². The van der Waals surface area contributed by atoms with Crippen molar-refractivity contribution in [2.24, 2.45) is 0 Å². The maximum atomic E-state index is 13.3. The van der Waals surface area contributed by atoms with Crippen molar-refractivity contribution in [2.75, 3.05) is 11.1 Å². The van der Waals surface area contributed by atoms with E-state index in [1.54, 1.807) is 35.8 Å². The van der Waals surface area contributed by atoms with E-state index in [1.807, 2.05) is 31.2 Å². The third-order valence-corrected chi connectivity index (χ3v) is 5.79.